The molecule has 0 amide bonds. The molecular formula is C10H12N2O3. The van der Waals surface area contributed by atoms with Crippen LogP contribution in [0.15, 0.2) is 12.3 Å². The first-order valence-electron chi connectivity index (χ1n) is 4.78. The summed E-state index contributed by atoms with van der Waals surface area (Å²) < 4.78 is 5.56. The highest BCUT2D eigenvalue weighted by molar-refractivity contribution is 5.87. The molecule has 1 fully saturated rings. The molecule has 1 aliphatic rings. The van der Waals surface area contributed by atoms with Gasteiger partial charge in [-0.1, -0.05) is 0 Å². The van der Waals surface area contributed by atoms with Gasteiger partial charge in [0.15, 0.2) is 11.4 Å². The summed E-state index contributed by atoms with van der Waals surface area (Å²) >= 11 is 0. The average Bonchev–Trinajstić information content (AvgIpc) is 3.02. The maximum atomic E-state index is 10.7. The van der Waals surface area contributed by atoms with E-state index in [1.54, 1.807) is 7.05 Å². The number of hydrogen-bond acceptors (Lipinski definition) is 4. The Kier molecular flexibility index (Phi) is 2.45. The molecule has 0 aliphatic heterocycles. The van der Waals surface area contributed by atoms with Crippen LogP contribution in [0, 0.1) is 0 Å². The highest BCUT2D eigenvalue weighted by Gasteiger charge is 2.25. The van der Waals surface area contributed by atoms with Crippen LogP contribution >= 0.6 is 0 Å². The monoisotopic (exact) mass is 208 g/mol. The topological polar surface area (TPSA) is 71.5 Å². The van der Waals surface area contributed by atoms with Crippen molar-refractivity contribution >= 4 is 11.7 Å². The third-order valence-corrected chi connectivity index (χ3v) is 2.17. The zero-order chi connectivity index (χ0) is 10.8. The molecular weight excluding hydrogens is 196 g/mol. The maximum absolute atomic E-state index is 10.7. The molecule has 0 radical (unpaired) electrons. The number of rotatable bonds is 4. The Bertz CT molecular complexity index is 388. The number of carboxylic acids is 1. The molecule has 15 heavy (non-hydrogen) atoms. The first kappa shape index (κ1) is 9.76. The minimum atomic E-state index is -1.04. The number of nitrogens with one attached hydrogen (secondary N) is 1. The van der Waals surface area contributed by atoms with Crippen LogP contribution in [0.1, 0.15) is 23.3 Å². The average molecular weight is 208 g/mol. The van der Waals surface area contributed by atoms with E-state index in [9.17, 15) is 4.79 Å². The highest BCUT2D eigenvalue weighted by atomic mass is 16.5. The Hall–Kier alpha value is -1.78. The predicted molar refractivity (Wildman–Crippen MR) is 54.4 cm³/mol. The van der Waals surface area contributed by atoms with Gasteiger partial charge in [0.05, 0.1) is 18.0 Å². The minimum absolute atomic E-state index is 0.0162. The van der Waals surface area contributed by atoms with E-state index < -0.39 is 5.97 Å². The van der Waals surface area contributed by atoms with Gasteiger partial charge in [-0.3, -0.25) is 0 Å². The van der Waals surface area contributed by atoms with E-state index in [4.69, 9.17) is 9.84 Å². The van der Waals surface area contributed by atoms with Crippen LogP contribution in [-0.2, 0) is 0 Å². The fourth-order valence-corrected chi connectivity index (χ4v) is 1.21. The summed E-state index contributed by atoms with van der Waals surface area (Å²) in [6, 6.07) is 1.47. The predicted octanol–water partition coefficient (Wildman–Crippen LogP) is 1.36. The van der Waals surface area contributed by atoms with Crippen LogP contribution in [0.5, 0.6) is 5.75 Å². The molecule has 2 N–H and O–H groups in total. The highest BCUT2D eigenvalue weighted by Crippen LogP contribution is 2.31. The lowest BCUT2D eigenvalue weighted by Crippen LogP contribution is -2.05. The molecule has 1 saturated carbocycles. The van der Waals surface area contributed by atoms with E-state index in [0.717, 1.165) is 12.8 Å². The summed E-state index contributed by atoms with van der Waals surface area (Å²) in [5.41, 5.74) is 0.678. The van der Waals surface area contributed by atoms with Crippen LogP contribution in [-0.4, -0.2) is 29.2 Å². The molecule has 1 aliphatic carbocycles. The Morgan fingerprint density at radius 1 is 1.67 bits per heavy atom. The van der Waals surface area contributed by atoms with Crippen LogP contribution in [0.25, 0.3) is 0 Å². The molecule has 1 aromatic heterocycles. The molecule has 0 atom stereocenters. The minimum Gasteiger partial charge on any atom is -0.487 e. The summed E-state index contributed by atoms with van der Waals surface area (Å²) in [5, 5.41) is 11.7. The normalized spacial score (nSPS) is 14.7. The molecule has 80 valence electrons. The smallest absolute Gasteiger partial charge is 0.354 e. The second-order valence-corrected chi connectivity index (χ2v) is 3.44. The first-order valence-corrected chi connectivity index (χ1v) is 4.78. The van der Waals surface area contributed by atoms with Crippen LogP contribution in [0.2, 0.25) is 0 Å². The molecule has 0 aromatic carbocycles. The molecule has 5 heteroatoms. The molecule has 1 aromatic rings. The number of ether oxygens (including phenoxy) is 1. The third-order valence-electron chi connectivity index (χ3n) is 2.17. The van der Waals surface area contributed by atoms with E-state index in [2.05, 4.69) is 10.3 Å². The molecule has 5 nitrogen and oxygen atoms in total. The van der Waals surface area contributed by atoms with Gasteiger partial charge in [0.1, 0.15) is 0 Å². The lowest BCUT2D eigenvalue weighted by molar-refractivity contribution is 0.0690. The molecule has 1 heterocycles. The van der Waals surface area contributed by atoms with E-state index >= 15 is 0 Å². The van der Waals surface area contributed by atoms with Crippen LogP contribution < -0.4 is 10.1 Å². The van der Waals surface area contributed by atoms with Crippen molar-refractivity contribution in [3.8, 4) is 5.75 Å². The molecule has 0 bridgehead atoms. The lowest BCUT2D eigenvalue weighted by Gasteiger charge is -2.10. The number of aromatic carboxylic acids is 1. The number of hydrogen-bond donors (Lipinski definition) is 2. The van der Waals surface area contributed by atoms with Crippen molar-refractivity contribution in [1.29, 1.82) is 0 Å². The number of aromatic nitrogens is 1. The lowest BCUT2D eigenvalue weighted by atomic mass is 10.3. The summed E-state index contributed by atoms with van der Waals surface area (Å²) in [5.74, 6) is -0.422. The van der Waals surface area contributed by atoms with E-state index in [1.807, 2.05) is 0 Å². The molecule has 0 unspecified atom stereocenters. The Morgan fingerprint density at radius 2 is 2.40 bits per heavy atom. The molecule has 0 saturated heterocycles. The van der Waals surface area contributed by atoms with Crippen molar-refractivity contribution in [3.05, 3.63) is 18.0 Å². The maximum Gasteiger partial charge on any atom is 0.354 e. The summed E-state index contributed by atoms with van der Waals surface area (Å²) in [6.45, 7) is 0. The van der Waals surface area contributed by atoms with E-state index in [1.165, 1.54) is 12.3 Å². The van der Waals surface area contributed by atoms with Gasteiger partial charge in [0.2, 0.25) is 0 Å². The van der Waals surface area contributed by atoms with Gasteiger partial charge in [0, 0.05) is 7.05 Å². The Balaban J connectivity index is 2.25. The zero-order valence-corrected chi connectivity index (χ0v) is 8.36. The van der Waals surface area contributed by atoms with Gasteiger partial charge >= 0.3 is 5.97 Å². The second kappa shape index (κ2) is 3.76. The standard InChI is InChI=1S/C10H12N2O3/c1-11-7-4-8(10(13)14)12-5-9(7)15-6-2-3-6/h4-6H,2-3H2,1H3,(H,11,12)(H,13,14). The summed E-state index contributed by atoms with van der Waals surface area (Å²) in [4.78, 5) is 14.5. The SMILES string of the molecule is CNc1cc(C(=O)O)ncc1OC1CC1. The van der Waals surface area contributed by atoms with E-state index in [-0.39, 0.29) is 11.8 Å². The number of carbonyl (C=O) groups is 1. The molecule has 2 rings (SSSR count). The Labute approximate surface area is 87.1 Å². The summed E-state index contributed by atoms with van der Waals surface area (Å²) in [7, 11) is 1.72. The zero-order valence-electron chi connectivity index (χ0n) is 8.36. The van der Waals surface area contributed by atoms with Crippen molar-refractivity contribution < 1.29 is 14.6 Å². The van der Waals surface area contributed by atoms with Crippen molar-refractivity contribution in [2.24, 2.45) is 0 Å². The largest absolute Gasteiger partial charge is 0.487 e. The van der Waals surface area contributed by atoms with Gasteiger partial charge in [-0.15, -0.1) is 0 Å². The first-order chi connectivity index (χ1) is 7.20. The fraction of sp³-hybridized carbons (Fsp3) is 0.400. The molecule has 0 spiro atoms. The van der Waals surface area contributed by atoms with Crippen LogP contribution in [0.3, 0.4) is 0 Å². The van der Waals surface area contributed by atoms with Gasteiger partial charge < -0.3 is 15.2 Å². The van der Waals surface area contributed by atoms with Crippen molar-refractivity contribution in [2.45, 2.75) is 18.9 Å². The number of nitrogens with zero attached hydrogens (tertiary/aromatic N) is 1. The quantitative estimate of drug-likeness (QED) is 0.781. The Morgan fingerprint density at radius 3 is 2.93 bits per heavy atom. The van der Waals surface area contributed by atoms with Gasteiger partial charge in [0.25, 0.3) is 0 Å². The van der Waals surface area contributed by atoms with Crippen molar-refractivity contribution in [1.82, 2.24) is 4.98 Å². The van der Waals surface area contributed by atoms with Gasteiger partial charge in [-0.2, -0.15) is 0 Å². The number of pyridine rings is 1. The second-order valence-electron chi connectivity index (χ2n) is 3.44. The van der Waals surface area contributed by atoms with Crippen molar-refractivity contribution in [3.63, 3.8) is 0 Å². The van der Waals surface area contributed by atoms with Crippen molar-refractivity contribution in [2.75, 3.05) is 12.4 Å². The summed E-state index contributed by atoms with van der Waals surface area (Å²) in [6.07, 6.45) is 3.84. The van der Waals surface area contributed by atoms with Crippen LogP contribution in [0.4, 0.5) is 5.69 Å². The van der Waals surface area contributed by atoms with E-state index in [0.29, 0.717) is 11.4 Å². The number of anilines is 1. The van der Waals surface area contributed by atoms with Gasteiger partial charge in [-0.05, 0) is 18.9 Å². The third kappa shape index (κ3) is 2.18. The fourth-order valence-electron chi connectivity index (χ4n) is 1.21. The van der Waals surface area contributed by atoms with Gasteiger partial charge in [-0.25, -0.2) is 9.78 Å². The number of carboxylic acid groups (broad SMARTS) is 1.